The Morgan fingerprint density at radius 1 is 1.07 bits per heavy atom. The van der Waals surface area contributed by atoms with E-state index < -0.39 is 33.9 Å². The van der Waals surface area contributed by atoms with E-state index in [9.17, 15) is 22.8 Å². The highest BCUT2D eigenvalue weighted by Gasteiger charge is 2.56. The molecule has 3 rings (SSSR count). The number of likely N-dealkylation sites (N-methyl/N-ethyl adjacent to an activating group) is 1. The molecule has 0 N–H and O–H groups in total. The fraction of sp³-hybridized carbons (Fsp3) is 0.737. The van der Waals surface area contributed by atoms with Crippen LogP contribution < -0.4 is 0 Å². The minimum atomic E-state index is -3.69. The molecule has 9 nitrogen and oxygen atoms in total. The Hall–Kier alpha value is -1.94. The third-order valence-electron chi connectivity index (χ3n) is 6.09. The number of hydrogen-bond acceptors (Lipinski definition) is 6. The third kappa shape index (κ3) is 4.32. The summed E-state index contributed by atoms with van der Waals surface area (Å²) in [4.78, 5) is 43.4. The first-order valence-corrected chi connectivity index (χ1v) is 12.0. The first kappa shape index (κ1) is 21.8. The summed E-state index contributed by atoms with van der Waals surface area (Å²) < 4.78 is 25.3. The van der Waals surface area contributed by atoms with Crippen LogP contribution in [0.15, 0.2) is 12.2 Å². The van der Waals surface area contributed by atoms with Gasteiger partial charge in [-0.2, -0.15) is 0 Å². The summed E-state index contributed by atoms with van der Waals surface area (Å²) in [6.45, 7) is 5.15. The van der Waals surface area contributed by atoms with E-state index in [1.165, 1.54) is 12.2 Å². The Morgan fingerprint density at radius 3 is 2.28 bits per heavy atom. The molecule has 3 amide bonds. The van der Waals surface area contributed by atoms with Crippen LogP contribution in [0, 0.1) is 5.92 Å². The van der Waals surface area contributed by atoms with E-state index in [-0.39, 0.29) is 11.8 Å². The van der Waals surface area contributed by atoms with Crippen molar-refractivity contribution in [1.29, 1.82) is 0 Å². The second-order valence-corrected chi connectivity index (χ2v) is 9.99. The highest BCUT2D eigenvalue weighted by Crippen LogP contribution is 2.40. The molecule has 0 aliphatic carbocycles. The summed E-state index contributed by atoms with van der Waals surface area (Å²) in [5, 5.41) is 0. The Balaban J connectivity index is 1.73. The van der Waals surface area contributed by atoms with Crippen LogP contribution >= 0.6 is 0 Å². The van der Waals surface area contributed by atoms with Gasteiger partial charge >= 0.3 is 0 Å². The van der Waals surface area contributed by atoms with Crippen molar-refractivity contribution in [1.82, 2.24) is 19.0 Å². The molecule has 3 atom stereocenters. The molecule has 0 bridgehead atoms. The van der Waals surface area contributed by atoms with Crippen LogP contribution in [0.25, 0.3) is 0 Å². The van der Waals surface area contributed by atoms with Gasteiger partial charge in [-0.1, -0.05) is 13.3 Å². The van der Waals surface area contributed by atoms with Gasteiger partial charge in [0.25, 0.3) is 0 Å². The molecule has 0 spiro atoms. The number of hydrogen-bond donors (Lipinski definition) is 0. The predicted octanol–water partition coefficient (Wildman–Crippen LogP) is -0.496. The lowest BCUT2D eigenvalue weighted by Gasteiger charge is -2.31. The molecule has 0 radical (unpaired) electrons. The highest BCUT2D eigenvalue weighted by atomic mass is 32.2. The zero-order valence-electron chi connectivity index (χ0n) is 17.3. The zero-order chi connectivity index (χ0) is 21.3. The number of rotatable bonds is 5. The van der Waals surface area contributed by atoms with Gasteiger partial charge in [0.2, 0.25) is 27.7 Å². The molecule has 162 valence electrons. The lowest BCUT2D eigenvalue weighted by Crippen LogP contribution is -2.46. The van der Waals surface area contributed by atoms with Crippen molar-refractivity contribution < 1.29 is 22.8 Å². The van der Waals surface area contributed by atoms with Crippen LogP contribution in [0.5, 0.6) is 0 Å². The SMILES string of the molecule is CCCC1C(=O)N(S(C)(=O)=O)C2CCN(C(=O)C=CC(=O)N3CCN(C)CC3)C12. The molecule has 0 saturated carbocycles. The zero-order valence-corrected chi connectivity index (χ0v) is 18.1. The van der Waals surface area contributed by atoms with Gasteiger partial charge in [-0.3, -0.25) is 14.4 Å². The number of fused-ring (bicyclic) bond motifs is 1. The van der Waals surface area contributed by atoms with Crippen LogP contribution in [0.2, 0.25) is 0 Å². The van der Waals surface area contributed by atoms with Crippen molar-refractivity contribution in [3.8, 4) is 0 Å². The summed E-state index contributed by atoms with van der Waals surface area (Å²) in [7, 11) is -1.69. The Labute approximate surface area is 172 Å². The summed E-state index contributed by atoms with van der Waals surface area (Å²) in [6.07, 6.45) is 5.27. The molecule has 0 aromatic carbocycles. The molecule has 10 heteroatoms. The van der Waals surface area contributed by atoms with Crippen molar-refractivity contribution in [2.75, 3.05) is 46.0 Å². The van der Waals surface area contributed by atoms with Crippen molar-refractivity contribution in [3.05, 3.63) is 12.2 Å². The Morgan fingerprint density at radius 2 is 1.69 bits per heavy atom. The van der Waals surface area contributed by atoms with Crippen LogP contribution in [0.3, 0.4) is 0 Å². The van der Waals surface area contributed by atoms with Crippen LogP contribution in [-0.2, 0) is 24.4 Å². The summed E-state index contributed by atoms with van der Waals surface area (Å²) in [6, 6.07) is -0.979. The average Bonchev–Trinajstić information content (AvgIpc) is 3.18. The largest absolute Gasteiger partial charge is 0.337 e. The number of likely N-dealkylation sites (tertiary alicyclic amines) is 1. The van der Waals surface area contributed by atoms with Crippen molar-refractivity contribution >= 4 is 27.7 Å². The van der Waals surface area contributed by atoms with E-state index in [0.717, 1.165) is 30.1 Å². The van der Waals surface area contributed by atoms with Crippen LogP contribution in [-0.4, -0.2) is 103 Å². The maximum atomic E-state index is 12.8. The molecule has 0 aromatic heterocycles. The molecule has 3 fully saturated rings. The number of piperazine rings is 1. The smallest absolute Gasteiger partial charge is 0.247 e. The second-order valence-electron chi connectivity index (χ2n) is 8.13. The molecular weight excluding hydrogens is 396 g/mol. The number of carbonyl (C=O) groups excluding carboxylic acids is 3. The second kappa shape index (κ2) is 8.43. The van der Waals surface area contributed by atoms with Gasteiger partial charge in [-0.05, 0) is 19.9 Å². The molecular formula is C19H30N4O5S. The lowest BCUT2D eigenvalue weighted by molar-refractivity contribution is -0.131. The summed E-state index contributed by atoms with van der Waals surface area (Å²) >= 11 is 0. The quantitative estimate of drug-likeness (QED) is 0.550. The molecule has 29 heavy (non-hydrogen) atoms. The first-order valence-electron chi connectivity index (χ1n) is 10.1. The van der Waals surface area contributed by atoms with Crippen LogP contribution in [0.4, 0.5) is 0 Å². The minimum absolute atomic E-state index is 0.201. The molecule has 3 aliphatic rings. The van der Waals surface area contributed by atoms with Crippen molar-refractivity contribution in [2.24, 2.45) is 5.92 Å². The Bertz CT molecular complexity index is 803. The van der Waals surface area contributed by atoms with E-state index in [2.05, 4.69) is 4.90 Å². The summed E-state index contributed by atoms with van der Waals surface area (Å²) in [5.41, 5.74) is 0. The molecule has 3 saturated heterocycles. The fourth-order valence-corrected chi connectivity index (χ4v) is 5.84. The molecule has 3 aliphatic heterocycles. The van der Waals surface area contributed by atoms with Crippen LogP contribution in [0.1, 0.15) is 26.2 Å². The van der Waals surface area contributed by atoms with Gasteiger partial charge in [0.05, 0.1) is 24.3 Å². The van der Waals surface area contributed by atoms with E-state index in [0.29, 0.717) is 32.5 Å². The number of sulfonamides is 1. The minimum Gasteiger partial charge on any atom is -0.337 e. The van der Waals surface area contributed by atoms with Crippen molar-refractivity contribution in [2.45, 2.75) is 38.3 Å². The Kier molecular flexibility index (Phi) is 6.33. The van der Waals surface area contributed by atoms with E-state index in [1.807, 2.05) is 14.0 Å². The monoisotopic (exact) mass is 426 g/mol. The molecule has 3 heterocycles. The fourth-order valence-electron chi connectivity index (χ4n) is 4.66. The molecule has 0 aromatic rings. The van der Waals surface area contributed by atoms with E-state index >= 15 is 0 Å². The van der Waals surface area contributed by atoms with E-state index in [4.69, 9.17) is 0 Å². The third-order valence-corrected chi connectivity index (χ3v) is 7.26. The lowest BCUT2D eigenvalue weighted by atomic mass is 9.94. The van der Waals surface area contributed by atoms with Crippen molar-refractivity contribution in [3.63, 3.8) is 0 Å². The predicted molar refractivity (Wildman–Crippen MR) is 107 cm³/mol. The van der Waals surface area contributed by atoms with E-state index in [1.54, 1.807) is 9.80 Å². The standard InChI is InChI=1S/C19H30N4O5S/c1-4-5-14-18-15(23(19(14)26)29(3,27)28)8-9-22(18)17(25)7-6-16(24)21-12-10-20(2)11-13-21/h6-7,14-15,18H,4-5,8-13H2,1-3H3. The summed E-state index contributed by atoms with van der Waals surface area (Å²) in [5.74, 6) is -1.48. The topological polar surface area (TPSA) is 98.3 Å². The van der Waals surface area contributed by atoms with Gasteiger partial charge < -0.3 is 14.7 Å². The van der Waals surface area contributed by atoms with Gasteiger partial charge in [0, 0.05) is 44.9 Å². The van der Waals surface area contributed by atoms with Gasteiger partial charge in [0.1, 0.15) is 0 Å². The number of carbonyl (C=O) groups is 3. The maximum Gasteiger partial charge on any atom is 0.247 e. The first-order chi connectivity index (χ1) is 13.6. The molecule has 3 unspecified atom stereocenters. The number of amides is 3. The van der Waals surface area contributed by atoms with Gasteiger partial charge in [0.15, 0.2) is 0 Å². The van der Waals surface area contributed by atoms with Gasteiger partial charge in [-0.25, -0.2) is 12.7 Å². The normalized spacial score (nSPS) is 28.4. The highest BCUT2D eigenvalue weighted by molar-refractivity contribution is 7.88. The average molecular weight is 427 g/mol. The maximum absolute atomic E-state index is 12.8. The number of nitrogens with zero attached hydrogens (tertiary/aromatic N) is 4. The van der Waals surface area contributed by atoms with Gasteiger partial charge in [-0.15, -0.1) is 0 Å².